The van der Waals surface area contributed by atoms with E-state index in [0.29, 0.717) is 29.3 Å². The summed E-state index contributed by atoms with van der Waals surface area (Å²) >= 11 is 0. The molecule has 0 bridgehead atoms. The quantitative estimate of drug-likeness (QED) is 0.289. The Bertz CT molecular complexity index is 1470. The third-order valence-corrected chi connectivity index (χ3v) is 6.00. The van der Waals surface area contributed by atoms with Crippen molar-refractivity contribution in [3.8, 4) is 0 Å². The highest BCUT2D eigenvalue weighted by Crippen LogP contribution is 2.33. The number of hydrogen-bond donors (Lipinski definition) is 0. The minimum absolute atomic E-state index is 0.391. The van der Waals surface area contributed by atoms with Crippen LogP contribution in [0.3, 0.4) is 0 Å². The van der Waals surface area contributed by atoms with Crippen molar-refractivity contribution >= 4 is 34.1 Å². The predicted octanol–water partition coefficient (Wildman–Crippen LogP) is 6.00. The highest BCUT2D eigenvalue weighted by Gasteiger charge is 2.19. The minimum Gasteiger partial charge on any atom is -0.334 e. The van der Waals surface area contributed by atoms with Crippen molar-refractivity contribution in [2.24, 2.45) is 12.0 Å². The number of aromatic nitrogens is 4. The third-order valence-electron chi connectivity index (χ3n) is 6.00. The van der Waals surface area contributed by atoms with Crippen LogP contribution in [-0.2, 0) is 13.5 Å². The summed E-state index contributed by atoms with van der Waals surface area (Å²) in [6.07, 6.45) is 5.31. The number of fused-ring (bicyclic) bond motifs is 1. The molecule has 3 aromatic heterocycles. The number of hydrogen-bond acceptors (Lipinski definition) is 5. The minimum atomic E-state index is -0.391. The molecule has 6 nitrogen and oxygen atoms in total. The average molecular weight is 465 g/mol. The summed E-state index contributed by atoms with van der Waals surface area (Å²) in [6, 6.07) is 21.9. The first-order chi connectivity index (χ1) is 17.1. The van der Waals surface area contributed by atoms with Crippen LogP contribution < -0.4 is 4.90 Å². The fraction of sp³-hybridized carbons (Fsp3) is 0.143. The first-order valence-corrected chi connectivity index (χ1v) is 11.4. The maximum Gasteiger partial charge on any atom is 0.183 e. The van der Waals surface area contributed by atoms with E-state index >= 15 is 0 Å². The van der Waals surface area contributed by atoms with E-state index < -0.39 is 5.82 Å². The van der Waals surface area contributed by atoms with Gasteiger partial charge in [-0.2, -0.15) is 0 Å². The summed E-state index contributed by atoms with van der Waals surface area (Å²) in [5.74, 6) is 0.651. The Hall–Kier alpha value is -4.39. The molecule has 0 N–H and O–H groups in total. The van der Waals surface area contributed by atoms with Crippen molar-refractivity contribution in [2.45, 2.75) is 13.3 Å². The number of anilines is 2. The Morgan fingerprint density at radius 2 is 1.66 bits per heavy atom. The largest absolute Gasteiger partial charge is 0.334 e. The molecule has 0 spiro atoms. The highest BCUT2D eigenvalue weighted by atomic mass is 19.1. The molecule has 3 heterocycles. The summed E-state index contributed by atoms with van der Waals surface area (Å²) < 4.78 is 16.8. The van der Waals surface area contributed by atoms with Crippen molar-refractivity contribution in [1.29, 1.82) is 0 Å². The number of nitrogens with zero attached hydrogens (tertiary/aromatic N) is 6. The molecule has 0 atom stereocenters. The lowest BCUT2D eigenvalue weighted by Crippen LogP contribution is -2.15. The zero-order valence-electron chi connectivity index (χ0n) is 19.9. The van der Waals surface area contributed by atoms with Gasteiger partial charge in [0, 0.05) is 37.5 Å². The molecule has 174 valence electrons. The molecule has 5 aromatic rings. The Morgan fingerprint density at radius 3 is 2.29 bits per heavy atom. The van der Waals surface area contributed by atoms with E-state index in [1.807, 2.05) is 92.3 Å². The van der Waals surface area contributed by atoms with Crippen LogP contribution in [0.5, 0.6) is 0 Å². The summed E-state index contributed by atoms with van der Waals surface area (Å²) in [7, 11) is 3.73. The van der Waals surface area contributed by atoms with Gasteiger partial charge in [0.05, 0.1) is 29.4 Å². The molecule has 0 aliphatic rings. The second-order valence-electron chi connectivity index (χ2n) is 8.26. The number of aryl methyl sites for hydroxylation is 2. The number of rotatable bonds is 6. The molecule has 7 heteroatoms. The van der Waals surface area contributed by atoms with E-state index in [1.54, 1.807) is 17.4 Å². The monoisotopic (exact) mass is 464 g/mol. The maximum absolute atomic E-state index is 14.9. The molecule has 0 aliphatic carbocycles. The highest BCUT2D eigenvalue weighted by molar-refractivity contribution is 6.14. The Kier molecular flexibility index (Phi) is 6.06. The molecule has 5 rings (SSSR count). The van der Waals surface area contributed by atoms with Gasteiger partial charge in [-0.05, 0) is 12.0 Å². The molecule has 0 fully saturated rings. The Balaban J connectivity index is 1.73. The standard InChI is InChI=1S/C28H25FN6/c1-4-19-16-30-17-22(29)27(19)35(3)24-15-23-26(31-18-34(23)2)28(32-24)33-25(20-11-7-5-8-12-20)21-13-9-6-10-14-21/h5-18H,4H2,1-3H3. The van der Waals surface area contributed by atoms with Gasteiger partial charge in [-0.15, -0.1) is 0 Å². The summed E-state index contributed by atoms with van der Waals surface area (Å²) in [6.45, 7) is 1.98. The normalized spacial score (nSPS) is 11.0. The first-order valence-electron chi connectivity index (χ1n) is 11.4. The van der Waals surface area contributed by atoms with Gasteiger partial charge < -0.3 is 9.47 Å². The van der Waals surface area contributed by atoms with E-state index in [1.165, 1.54) is 6.20 Å². The first kappa shape index (κ1) is 22.4. The van der Waals surface area contributed by atoms with Crippen LogP contribution in [-0.4, -0.2) is 32.3 Å². The van der Waals surface area contributed by atoms with Gasteiger partial charge in [-0.1, -0.05) is 67.6 Å². The third kappa shape index (κ3) is 4.28. The van der Waals surface area contributed by atoms with E-state index in [4.69, 9.17) is 9.98 Å². The molecular weight excluding hydrogens is 439 g/mol. The number of aliphatic imine (C=N–C) groups is 1. The maximum atomic E-state index is 14.9. The fourth-order valence-corrected chi connectivity index (χ4v) is 4.16. The van der Waals surface area contributed by atoms with Gasteiger partial charge in [0.1, 0.15) is 11.3 Å². The summed E-state index contributed by atoms with van der Waals surface area (Å²) in [5.41, 5.74) is 5.52. The van der Waals surface area contributed by atoms with E-state index in [2.05, 4.69) is 9.97 Å². The van der Waals surface area contributed by atoms with Crippen LogP contribution in [0, 0.1) is 5.82 Å². The number of halogens is 1. The lowest BCUT2D eigenvalue weighted by Gasteiger charge is -2.22. The summed E-state index contributed by atoms with van der Waals surface area (Å²) in [4.78, 5) is 20.3. The van der Waals surface area contributed by atoms with Crippen LogP contribution in [0.2, 0.25) is 0 Å². The lowest BCUT2D eigenvalue weighted by molar-refractivity contribution is 0.618. The molecule has 0 saturated heterocycles. The Labute approximate surface area is 203 Å². The van der Waals surface area contributed by atoms with Gasteiger partial charge in [-0.25, -0.2) is 19.4 Å². The second-order valence-corrected chi connectivity index (χ2v) is 8.26. The van der Waals surface area contributed by atoms with Crippen molar-refractivity contribution in [3.05, 3.63) is 108 Å². The lowest BCUT2D eigenvalue weighted by atomic mass is 10.0. The second kappa shape index (κ2) is 9.46. The predicted molar refractivity (Wildman–Crippen MR) is 138 cm³/mol. The molecule has 2 aromatic carbocycles. The molecule has 0 aliphatic heterocycles. The molecule has 0 saturated carbocycles. The average Bonchev–Trinajstić information content (AvgIpc) is 3.28. The number of imidazole rings is 1. The van der Waals surface area contributed by atoms with Gasteiger partial charge in [0.15, 0.2) is 11.6 Å². The number of pyridine rings is 2. The topological polar surface area (TPSA) is 59.2 Å². The SMILES string of the molecule is CCc1cncc(F)c1N(C)c1cc2c(ncn2C)c(N=C(c2ccccc2)c2ccccc2)n1. The van der Waals surface area contributed by atoms with Gasteiger partial charge in [0.2, 0.25) is 0 Å². The van der Waals surface area contributed by atoms with Gasteiger partial charge >= 0.3 is 0 Å². The van der Waals surface area contributed by atoms with Crippen LogP contribution >= 0.6 is 0 Å². The van der Waals surface area contributed by atoms with Crippen molar-refractivity contribution < 1.29 is 4.39 Å². The smallest absolute Gasteiger partial charge is 0.183 e. The molecular formula is C28H25FN6. The van der Waals surface area contributed by atoms with E-state index in [9.17, 15) is 4.39 Å². The van der Waals surface area contributed by atoms with Crippen LogP contribution in [0.15, 0.2) is 90.4 Å². The van der Waals surface area contributed by atoms with Crippen LogP contribution in [0.1, 0.15) is 23.6 Å². The molecule has 0 amide bonds. The van der Waals surface area contributed by atoms with Crippen molar-refractivity contribution in [3.63, 3.8) is 0 Å². The van der Waals surface area contributed by atoms with Crippen molar-refractivity contribution in [1.82, 2.24) is 19.5 Å². The van der Waals surface area contributed by atoms with E-state index in [-0.39, 0.29) is 0 Å². The molecule has 0 unspecified atom stereocenters. The van der Waals surface area contributed by atoms with E-state index in [0.717, 1.165) is 27.9 Å². The van der Waals surface area contributed by atoms with Crippen LogP contribution in [0.4, 0.5) is 21.7 Å². The van der Waals surface area contributed by atoms with Crippen LogP contribution in [0.25, 0.3) is 11.0 Å². The zero-order chi connectivity index (χ0) is 24.4. The molecule has 0 radical (unpaired) electrons. The molecule has 35 heavy (non-hydrogen) atoms. The number of benzene rings is 2. The fourth-order valence-electron chi connectivity index (χ4n) is 4.16. The Morgan fingerprint density at radius 1 is 1.00 bits per heavy atom. The van der Waals surface area contributed by atoms with Gasteiger partial charge in [-0.3, -0.25) is 4.98 Å². The van der Waals surface area contributed by atoms with Crippen molar-refractivity contribution in [2.75, 3.05) is 11.9 Å². The van der Waals surface area contributed by atoms with Gasteiger partial charge in [0.25, 0.3) is 0 Å². The zero-order valence-corrected chi connectivity index (χ0v) is 19.9. The summed E-state index contributed by atoms with van der Waals surface area (Å²) in [5, 5.41) is 0.